The van der Waals surface area contributed by atoms with E-state index in [1.54, 1.807) is 0 Å². The summed E-state index contributed by atoms with van der Waals surface area (Å²) in [6, 6.07) is 9.23. The molecule has 0 heterocycles. The summed E-state index contributed by atoms with van der Waals surface area (Å²) in [5.74, 6) is 0.130. The molecule has 0 saturated carbocycles. The molecule has 0 bridgehead atoms. The summed E-state index contributed by atoms with van der Waals surface area (Å²) in [5.41, 5.74) is 0.834. The van der Waals surface area contributed by atoms with Crippen LogP contribution >= 0.6 is 7.82 Å². The molecule has 2 atom stereocenters. The van der Waals surface area contributed by atoms with E-state index in [0.717, 1.165) is 12.0 Å². The van der Waals surface area contributed by atoms with E-state index in [-0.39, 0.29) is 19.1 Å². The van der Waals surface area contributed by atoms with Gasteiger partial charge in [-0.3, -0.25) is 9.05 Å². The largest absolute Gasteiger partial charge is 0.472 e. The summed E-state index contributed by atoms with van der Waals surface area (Å²) in [7, 11) is -3.98. The molecule has 5 heteroatoms. The number of phosphoric ester groups is 1. The second-order valence-electron chi connectivity index (χ2n) is 4.33. The maximum atomic E-state index is 11.7. The van der Waals surface area contributed by atoms with Crippen molar-refractivity contribution < 1.29 is 18.5 Å². The van der Waals surface area contributed by atoms with Gasteiger partial charge in [-0.05, 0) is 12.0 Å². The molecule has 0 aromatic heterocycles. The summed E-state index contributed by atoms with van der Waals surface area (Å²) < 4.78 is 21.6. The van der Waals surface area contributed by atoms with E-state index in [9.17, 15) is 9.46 Å². The van der Waals surface area contributed by atoms with Gasteiger partial charge in [-0.25, -0.2) is 4.57 Å². The Balaban J connectivity index is 1.77. The second-order valence-corrected chi connectivity index (χ2v) is 5.79. The zero-order chi connectivity index (χ0) is 13.6. The predicted molar refractivity (Wildman–Crippen MR) is 73.4 cm³/mol. The van der Waals surface area contributed by atoms with Gasteiger partial charge < -0.3 is 4.89 Å². The summed E-state index contributed by atoms with van der Waals surface area (Å²) in [6.07, 6.45) is 8.62. The first-order chi connectivity index (χ1) is 9.16. The van der Waals surface area contributed by atoms with Crippen LogP contribution in [0.2, 0.25) is 0 Å². The number of phosphoric acid groups is 1. The first-order valence-corrected chi connectivity index (χ1v) is 7.64. The van der Waals surface area contributed by atoms with E-state index in [4.69, 9.17) is 9.05 Å². The van der Waals surface area contributed by atoms with Gasteiger partial charge in [0.25, 0.3) is 0 Å². The van der Waals surface area contributed by atoms with E-state index in [2.05, 4.69) is 0 Å². The lowest BCUT2D eigenvalue weighted by Crippen LogP contribution is -2.07. The van der Waals surface area contributed by atoms with Crippen LogP contribution in [-0.4, -0.2) is 11.5 Å². The standard InChI is InChI=1S/C14H17O4P/c15-19(16,17-11-13-7-3-1-4-8-13)18-12-14-9-5-2-6-10-14/h1-9,14H,10-12H2,(H,15,16). The van der Waals surface area contributed by atoms with Crippen LogP contribution in [0, 0.1) is 5.92 Å². The molecule has 1 N–H and O–H groups in total. The van der Waals surface area contributed by atoms with Crippen molar-refractivity contribution in [2.24, 2.45) is 5.92 Å². The summed E-state index contributed by atoms with van der Waals surface area (Å²) in [4.78, 5) is 9.58. The second kappa shape index (κ2) is 6.83. The molecule has 0 aliphatic heterocycles. The molecule has 0 fully saturated rings. The van der Waals surface area contributed by atoms with E-state index in [1.165, 1.54) is 0 Å². The lowest BCUT2D eigenvalue weighted by molar-refractivity contribution is 0.133. The predicted octanol–water partition coefficient (Wildman–Crippen LogP) is 3.45. The third kappa shape index (κ3) is 5.13. The molecule has 1 aliphatic rings. The quantitative estimate of drug-likeness (QED) is 0.811. The monoisotopic (exact) mass is 280 g/mol. The van der Waals surface area contributed by atoms with E-state index in [1.807, 2.05) is 54.6 Å². The van der Waals surface area contributed by atoms with Crippen LogP contribution in [0.3, 0.4) is 0 Å². The zero-order valence-corrected chi connectivity index (χ0v) is 11.4. The molecule has 0 saturated heterocycles. The number of hydrogen-bond donors (Lipinski definition) is 1. The number of rotatable bonds is 6. The van der Waals surface area contributed by atoms with Gasteiger partial charge in [0.15, 0.2) is 0 Å². The normalized spacial score (nSPS) is 21.2. The van der Waals surface area contributed by atoms with Crippen molar-refractivity contribution in [3.63, 3.8) is 0 Å². The van der Waals surface area contributed by atoms with Crippen LogP contribution in [-0.2, 0) is 20.2 Å². The SMILES string of the molecule is O=P(O)(OCc1ccccc1)OCC1C=CC=CC1. The lowest BCUT2D eigenvalue weighted by Gasteiger charge is -2.16. The first-order valence-electron chi connectivity index (χ1n) is 6.15. The highest BCUT2D eigenvalue weighted by molar-refractivity contribution is 7.47. The van der Waals surface area contributed by atoms with Crippen molar-refractivity contribution in [3.8, 4) is 0 Å². The molecular formula is C14H17O4P. The van der Waals surface area contributed by atoms with Crippen LogP contribution in [0.4, 0.5) is 0 Å². The lowest BCUT2D eigenvalue weighted by atomic mass is 10.0. The molecule has 2 unspecified atom stereocenters. The van der Waals surface area contributed by atoms with Gasteiger partial charge in [-0.15, -0.1) is 0 Å². The first kappa shape index (κ1) is 14.2. The Hall–Kier alpha value is -1.19. The molecule has 0 amide bonds. The van der Waals surface area contributed by atoms with Crippen molar-refractivity contribution in [1.29, 1.82) is 0 Å². The smallest absolute Gasteiger partial charge is 0.302 e. The fourth-order valence-corrected chi connectivity index (χ4v) is 2.48. The molecular weight excluding hydrogens is 263 g/mol. The van der Waals surface area contributed by atoms with Crippen LogP contribution in [0.25, 0.3) is 0 Å². The molecule has 1 aromatic carbocycles. The van der Waals surface area contributed by atoms with E-state index >= 15 is 0 Å². The Kier molecular flexibility index (Phi) is 5.11. The molecule has 2 rings (SSSR count). The summed E-state index contributed by atoms with van der Waals surface area (Å²) >= 11 is 0. The highest BCUT2D eigenvalue weighted by Gasteiger charge is 2.22. The minimum Gasteiger partial charge on any atom is -0.302 e. The maximum absolute atomic E-state index is 11.7. The number of benzene rings is 1. The van der Waals surface area contributed by atoms with Crippen molar-refractivity contribution in [2.45, 2.75) is 13.0 Å². The van der Waals surface area contributed by atoms with Crippen molar-refractivity contribution in [2.75, 3.05) is 6.61 Å². The van der Waals surface area contributed by atoms with Gasteiger partial charge in [-0.1, -0.05) is 54.6 Å². The Bertz CT molecular complexity index is 495. The van der Waals surface area contributed by atoms with Crippen molar-refractivity contribution in [1.82, 2.24) is 0 Å². The van der Waals surface area contributed by atoms with Gasteiger partial charge in [0.05, 0.1) is 13.2 Å². The van der Waals surface area contributed by atoms with Gasteiger partial charge in [0, 0.05) is 5.92 Å². The molecule has 1 aliphatic carbocycles. The third-order valence-electron chi connectivity index (χ3n) is 2.76. The molecule has 0 spiro atoms. The average Bonchev–Trinajstić information content (AvgIpc) is 2.46. The average molecular weight is 280 g/mol. The van der Waals surface area contributed by atoms with Gasteiger partial charge in [-0.2, -0.15) is 0 Å². The number of allylic oxidation sites excluding steroid dienone is 3. The third-order valence-corrected chi connectivity index (χ3v) is 3.69. The Morgan fingerprint density at radius 1 is 1.21 bits per heavy atom. The van der Waals surface area contributed by atoms with Crippen molar-refractivity contribution >= 4 is 7.82 Å². The summed E-state index contributed by atoms with van der Waals surface area (Å²) in [6.45, 7) is 0.248. The molecule has 0 radical (unpaired) electrons. The maximum Gasteiger partial charge on any atom is 0.472 e. The molecule has 102 valence electrons. The topological polar surface area (TPSA) is 55.8 Å². The fraction of sp³-hybridized carbons (Fsp3) is 0.286. The highest BCUT2D eigenvalue weighted by Crippen LogP contribution is 2.44. The van der Waals surface area contributed by atoms with Gasteiger partial charge >= 0.3 is 7.82 Å². The highest BCUT2D eigenvalue weighted by atomic mass is 31.2. The summed E-state index contributed by atoms with van der Waals surface area (Å²) in [5, 5.41) is 0. The van der Waals surface area contributed by atoms with Crippen LogP contribution in [0.15, 0.2) is 54.6 Å². The molecule has 4 nitrogen and oxygen atoms in total. The van der Waals surface area contributed by atoms with Gasteiger partial charge in [0.2, 0.25) is 0 Å². The minimum atomic E-state index is -3.98. The van der Waals surface area contributed by atoms with E-state index in [0.29, 0.717) is 0 Å². The Labute approximate surface area is 113 Å². The van der Waals surface area contributed by atoms with Crippen LogP contribution < -0.4 is 0 Å². The van der Waals surface area contributed by atoms with E-state index < -0.39 is 7.82 Å². The Morgan fingerprint density at radius 3 is 2.68 bits per heavy atom. The molecule has 1 aromatic rings. The van der Waals surface area contributed by atoms with Gasteiger partial charge in [0.1, 0.15) is 0 Å². The zero-order valence-electron chi connectivity index (χ0n) is 10.5. The van der Waals surface area contributed by atoms with Crippen LogP contribution in [0.5, 0.6) is 0 Å². The molecule has 19 heavy (non-hydrogen) atoms. The number of hydrogen-bond acceptors (Lipinski definition) is 3. The minimum absolute atomic E-state index is 0.0645. The van der Waals surface area contributed by atoms with Crippen LogP contribution in [0.1, 0.15) is 12.0 Å². The van der Waals surface area contributed by atoms with Crippen molar-refractivity contribution in [3.05, 3.63) is 60.2 Å². The fourth-order valence-electron chi connectivity index (χ4n) is 1.71. The Morgan fingerprint density at radius 2 is 2.00 bits per heavy atom.